The molecule has 1 aliphatic rings. The first kappa shape index (κ1) is 19.1. The number of thiocarbonyl (C=S) groups is 1. The van der Waals surface area contributed by atoms with E-state index in [4.69, 9.17) is 12.2 Å². The summed E-state index contributed by atoms with van der Waals surface area (Å²) >= 11 is 5.13. The van der Waals surface area contributed by atoms with Gasteiger partial charge in [0.05, 0.1) is 21.5 Å². The molecule has 2 rings (SSSR count). The lowest BCUT2D eigenvalue weighted by Gasteiger charge is -2.35. The second-order valence-electron chi connectivity index (χ2n) is 5.20. The number of non-ortho nitro benzene ring substituents is 1. The molecule has 0 saturated carbocycles. The maximum Gasteiger partial charge on any atom is 0.283 e. The quantitative estimate of drug-likeness (QED) is 0.252. The number of carbonyl (C=O) groups is 2. The van der Waals surface area contributed by atoms with E-state index in [2.05, 4.69) is 0 Å². The molecular formula is C15H14N4O6S. The van der Waals surface area contributed by atoms with Crippen molar-refractivity contribution in [3.8, 4) is 0 Å². The van der Waals surface area contributed by atoms with Crippen LogP contribution in [-0.2, 0) is 9.59 Å². The molecule has 0 N–H and O–H groups in total. The van der Waals surface area contributed by atoms with Crippen LogP contribution in [0.15, 0.2) is 23.8 Å². The maximum absolute atomic E-state index is 12.5. The van der Waals surface area contributed by atoms with E-state index in [0.29, 0.717) is 0 Å². The molecule has 1 heterocycles. The van der Waals surface area contributed by atoms with Crippen LogP contribution in [0, 0.1) is 20.2 Å². The predicted octanol–water partition coefficient (Wildman–Crippen LogP) is 1.88. The molecule has 1 aliphatic heterocycles. The molecule has 0 aliphatic carbocycles. The van der Waals surface area contributed by atoms with E-state index < -0.39 is 33.0 Å². The summed E-state index contributed by atoms with van der Waals surface area (Å²) in [6.07, 6.45) is 1.07. The Balaban J connectivity index is 2.61. The molecule has 0 spiro atoms. The number of nitrogens with zero attached hydrogens (tertiary/aromatic N) is 4. The summed E-state index contributed by atoms with van der Waals surface area (Å²) in [5.41, 5.74) is -1.42. The van der Waals surface area contributed by atoms with Crippen molar-refractivity contribution in [1.29, 1.82) is 0 Å². The van der Waals surface area contributed by atoms with Gasteiger partial charge in [-0.2, -0.15) is 0 Å². The summed E-state index contributed by atoms with van der Waals surface area (Å²) in [5.74, 6) is -1.33. The molecule has 0 aromatic heterocycles. The van der Waals surface area contributed by atoms with Gasteiger partial charge in [-0.25, -0.2) is 0 Å². The molecule has 0 atom stereocenters. The molecule has 1 saturated heterocycles. The molecule has 0 bridgehead atoms. The molecule has 26 heavy (non-hydrogen) atoms. The number of hydrogen-bond acceptors (Lipinski definition) is 7. The highest BCUT2D eigenvalue weighted by atomic mass is 32.1. The zero-order chi connectivity index (χ0) is 19.6. The fourth-order valence-corrected chi connectivity index (χ4v) is 2.89. The van der Waals surface area contributed by atoms with Crippen LogP contribution >= 0.6 is 12.2 Å². The van der Waals surface area contributed by atoms with Gasteiger partial charge in [-0.05, 0) is 38.2 Å². The number of nitro groups is 2. The van der Waals surface area contributed by atoms with E-state index in [1.54, 1.807) is 13.8 Å². The summed E-state index contributed by atoms with van der Waals surface area (Å²) < 4.78 is 0. The molecule has 10 nitrogen and oxygen atoms in total. The Morgan fingerprint density at radius 2 is 1.58 bits per heavy atom. The maximum atomic E-state index is 12.5. The molecule has 0 unspecified atom stereocenters. The fraction of sp³-hybridized carbons (Fsp3) is 0.267. The van der Waals surface area contributed by atoms with Gasteiger partial charge in [0.1, 0.15) is 5.57 Å². The summed E-state index contributed by atoms with van der Waals surface area (Å²) in [4.78, 5) is 48.0. The van der Waals surface area contributed by atoms with Crippen LogP contribution in [0.3, 0.4) is 0 Å². The number of rotatable bonds is 5. The summed E-state index contributed by atoms with van der Waals surface area (Å²) in [5, 5.41) is 22.1. The van der Waals surface area contributed by atoms with Crippen LogP contribution < -0.4 is 0 Å². The first-order chi connectivity index (χ1) is 12.2. The molecule has 0 radical (unpaired) electrons. The highest BCUT2D eigenvalue weighted by Gasteiger charge is 2.38. The lowest BCUT2D eigenvalue weighted by molar-refractivity contribution is -0.394. The average Bonchev–Trinajstić information content (AvgIpc) is 2.59. The Morgan fingerprint density at radius 1 is 1.04 bits per heavy atom. The Hall–Kier alpha value is -3.21. The third kappa shape index (κ3) is 3.28. The van der Waals surface area contributed by atoms with Crippen LogP contribution in [0.2, 0.25) is 0 Å². The van der Waals surface area contributed by atoms with Gasteiger partial charge in [0, 0.05) is 19.2 Å². The SMILES string of the molecule is CCN1C(=O)C(=Cc2ccc([N+](=O)[O-])cc2[N+](=O)[O-])C(=O)N(CC)C1=S. The molecular weight excluding hydrogens is 364 g/mol. The smallest absolute Gasteiger partial charge is 0.283 e. The van der Waals surface area contributed by atoms with Gasteiger partial charge in [0.25, 0.3) is 23.2 Å². The van der Waals surface area contributed by atoms with E-state index in [1.807, 2.05) is 0 Å². The van der Waals surface area contributed by atoms with Crippen LogP contribution in [-0.4, -0.2) is 49.7 Å². The standard InChI is InChI=1S/C15H14N4O6S/c1-3-16-13(20)11(14(21)17(4-2)15(16)26)7-9-5-6-10(18(22)23)8-12(9)19(24)25/h5-8H,3-4H2,1-2H3. The van der Waals surface area contributed by atoms with Crippen molar-refractivity contribution in [3.05, 3.63) is 49.6 Å². The van der Waals surface area contributed by atoms with Crippen LogP contribution in [0.25, 0.3) is 6.08 Å². The number of likely N-dealkylation sites (N-methyl/N-ethyl adjacent to an activating group) is 2. The van der Waals surface area contributed by atoms with Gasteiger partial charge in [-0.1, -0.05) is 0 Å². The highest BCUT2D eigenvalue weighted by molar-refractivity contribution is 7.80. The second-order valence-corrected chi connectivity index (χ2v) is 5.56. The minimum absolute atomic E-state index is 0.0698. The Bertz CT molecular complexity index is 838. The lowest BCUT2D eigenvalue weighted by atomic mass is 10.0. The molecule has 11 heteroatoms. The first-order valence-corrected chi connectivity index (χ1v) is 7.95. The van der Waals surface area contributed by atoms with Gasteiger partial charge >= 0.3 is 0 Å². The van der Waals surface area contributed by atoms with Crippen molar-refractivity contribution in [1.82, 2.24) is 9.80 Å². The normalized spacial score (nSPS) is 14.7. The minimum Gasteiger partial charge on any atom is -0.285 e. The van der Waals surface area contributed by atoms with Crippen LogP contribution in [0.4, 0.5) is 11.4 Å². The van der Waals surface area contributed by atoms with E-state index >= 15 is 0 Å². The zero-order valence-electron chi connectivity index (χ0n) is 13.9. The van der Waals surface area contributed by atoms with E-state index in [9.17, 15) is 29.8 Å². The number of hydrogen-bond donors (Lipinski definition) is 0. The predicted molar refractivity (Wildman–Crippen MR) is 95.1 cm³/mol. The Kier molecular flexibility index (Phi) is 5.41. The monoisotopic (exact) mass is 378 g/mol. The summed E-state index contributed by atoms with van der Waals surface area (Å²) in [6.45, 7) is 3.81. The summed E-state index contributed by atoms with van der Waals surface area (Å²) in [6, 6.07) is 2.98. The van der Waals surface area contributed by atoms with Crippen molar-refractivity contribution >= 4 is 46.6 Å². The number of amides is 2. The number of benzene rings is 1. The fourth-order valence-electron chi connectivity index (χ4n) is 2.46. The summed E-state index contributed by atoms with van der Waals surface area (Å²) in [7, 11) is 0. The molecule has 1 aromatic rings. The van der Waals surface area contributed by atoms with Gasteiger partial charge in [-0.3, -0.25) is 39.6 Å². The number of carbonyl (C=O) groups excluding carboxylic acids is 2. The van der Waals surface area contributed by atoms with Gasteiger partial charge in [0.15, 0.2) is 5.11 Å². The molecule has 1 aromatic carbocycles. The van der Waals surface area contributed by atoms with Crippen molar-refractivity contribution in [3.63, 3.8) is 0 Å². The third-order valence-corrected chi connectivity index (χ3v) is 4.21. The van der Waals surface area contributed by atoms with Crippen LogP contribution in [0.1, 0.15) is 19.4 Å². The average molecular weight is 378 g/mol. The van der Waals surface area contributed by atoms with Gasteiger partial charge in [0.2, 0.25) is 0 Å². The van der Waals surface area contributed by atoms with Crippen molar-refractivity contribution in [2.24, 2.45) is 0 Å². The van der Waals surface area contributed by atoms with Crippen molar-refractivity contribution in [2.45, 2.75) is 13.8 Å². The van der Waals surface area contributed by atoms with E-state index in [-0.39, 0.29) is 29.3 Å². The zero-order valence-corrected chi connectivity index (χ0v) is 14.7. The van der Waals surface area contributed by atoms with Gasteiger partial charge < -0.3 is 0 Å². The second kappa shape index (κ2) is 7.35. The van der Waals surface area contributed by atoms with Crippen molar-refractivity contribution in [2.75, 3.05) is 13.1 Å². The Morgan fingerprint density at radius 3 is 2.00 bits per heavy atom. The molecule has 2 amide bonds. The first-order valence-electron chi connectivity index (χ1n) is 7.55. The van der Waals surface area contributed by atoms with Gasteiger partial charge in [-0.15, -0.1) is 0 Å². The number of nitro benzene ring substituents is 2. The topological polar surface area (TPSA) is 127 Å². The van der Waals surface area contributed by atoms with Crippen LogP contribution in [0.5, 0.6) is 0 Å². The van der Waals surface area contributed by atoms with Crippen molar-refractivity contribution < 1.29 is 19.4 Å². The largest absolute Gasteiger partial charge is 0.285 e. The van der Waals surface area contributed by atoms with E-state index in [0.717, 1.165) is 24.3 Å². The van der Waals surface area contributed by atoms with E-state index in [1.165, 1.54) is 9.80 Å². The minimum atomic E-state index is -0.809. The Labute approximate surface area is 153 Å². The molecule has 1 fully saturated rings. The third-order valence-electron chi connectivity index (χ3n) is 3.77. The molecule has 136 valence electrons. The highest BCUT2D eigenvalue weighted by Crippen LogP contribution is 2.28. The lowest BCUT2D eigenvalue weighted by Crippen LogP contribution is -2.55.